The normalized spacial score (nSPS) is 14.3. The number of carbonyl (C=O) groups excluding carboxylic acids is 3. The number of aryl methyl sites for hydroxylation is 1. The van der Waals surface area contributed by atoms with Gasteiger partial charge < -0.3 is 10.1 Å². The Balaban J connectivity index is 1.82. The largest absolute Gasteiger partial charge is 0.452 e. The van der Waals surface area contributed by atoms with Gasteiger partial charge in [0.2, 0.25) is 0 Å². The molecule has 0 aliphatic carbocycles. The number of rotatable bonds is 4. The van der Waals surface area contributed by atoms with Crippen LogP contribution in [0, 0.1) is 6.92 Å². The van der Waals surface area contributed by atoms with Crippen molar-refractivity contribution in [2.45, 2.75) is 6.92 Å². The highest BCUT2D eigenvalue weighted by molar-refractivity contribution is 5.97. The SMILES string of the molecule is Cc1cccc(/C=C/C(=O)OCC(=O)N2CCNC2=O)c1. The van der Waals surface area contributed by atoms with Gasteiger partial charge in [-0.15, -0.1) is 0 Å². The van der Waals surface area contributed by atoms with Crippen LogP contribution in [-0.2, 0) is 14.3 Å². The van der Waals surface area contributed by atoms with E-state index in [1.54, 1.807) is 6.08 Å². The second-order valence-corrected chi connectivity index (χ2v) is 4.63. The minimum Gasteiger partial charge on any atom is -0.452 e. The van der Waals surface area contributed by atoms with Crippen LogP contribution in [0.25, 0.3) is 6.08 Å². The topological polar surface area (TPSA) is 75.7 Å². The molecule has 1 aromatic rings. The maximum atomic E-state index is 11.6. The van der Waals surface area contributed by atoms with Gasteiger partial charge in [0, 0.05) is 19.2 Å². The fourth-order valence-corrected chi connectivity index (χ4v) is 1.91. The first kappa shape index (κ1) is 14.8. The van der Waals surface area contributed by atoms with E-state index >= 15 is 0 Å². The van der Waals surface area contributed by atoms with Crippen LogP contribution in [0.1, 0.15) is 11.1 Å². The first-order valence-electron chi connectivity index (χ1n) is 6.56. The highest BCUT2D eigenvalue weighted by atomic mass is 16.5. The summed E-state index contributed by atoms with van der Waals surface area (Å²) in [5.41, 5.74) is 1.96. The van der Waals surface area contributed by atoms with Crippen LogP contribution in [0.3, 0.4) is 0 Å². The molecule has 0 bridgehead atoms. The molecule has 0 radical (unpaired) electrons. The number of esters is 1. The molecule has 1 saturated heterocycles. The number of hydrogen-bond donors (Lipinski definition) is 1. The molecule has 0 spiro atoms. The standard InChI is InChI=1S/C15H16N2O4/c1-11-3-2-4-12(9-11)5-6-14(19)21-10-13(18)17-8-7-16-15(17)20/h2-6,9H,7-8,10H2,1H3,(H,16,20)/b6-5+. The van der Waals surface area contributed by atoms with Crippen molar-refractivity contribution in [3.05, 3.63) is 41.5 Å². The Hall–Kier alpha value is -2.63. The minimum atomic E-state index is -0.621. The van der Waals surface area contributed by atoms with E-state index in [4.69, 9.17) is 4.74 Å². The summed E-state index contributed by atoms with van der Waals surface area (Å²) in [5, 5.41) is 2.50. The van der Waals surface area contributed by atoms with Gasteiger partial charge in [-0.3, -0.25) is 9.69 Å². The number of nitrogens with one attached hydrogen (secondary N) is 1. The van der Waals surface area contributed by atoms with Crippen molar-refractivity contribution >= 4 is 24.0 Å². The van der Waals surface area contributed by atoms with Gasteiger partial charge in [0.15, 0.2) is 6.61 Å². The van der Waals surface area contributed by atoms with Gasteiger partial charge in [-0.2, -0.15) is 0 Å². The van der Waals surface area contributed by atoms with Crippen LogP contribution < -0.4 is 5.32 Å². The first-order chi connectivity index (χ1) is 10.1. The van der Waals surface area contributed by atoms with Crippen molar-refractivity contribution in [2.75, 3.05) is 19.7 Å². The zero-order valence-electron chi connectivity index (χ0n) is 11.7. The van der Waals surface area contributed by atoms with Crippen LogP contribution in [-0.4, -0.2) is 42.5 Å². The zero-order chi connectivity index (χ0) is 15.2. The molecule has 1 aromatic carbocycles. The quantitative estimate of drug-likeness (QED) is 0.665. The number of urea groups is 1. The van der Waals surface area contributed by atoms with Gasteiger partial charge in [-0.25, -0.2) is 9.59 Å². The van der Waals surface area contributed by atoms with E-state index in [0.717, 1.165) is 16.0 Å². The van der Waals surface area contributed by atoms with Crippen molar-refractivity contribution in [1.29, 1.82) is 0 Å². The van der Waals surface area contributed by atoms with Gasteiger partial charge in [0.1, 0.15) is 0 Å². The highest BCUT2D eigenvalue weighted by Gasteiger charge is 2.26. The molecule has 1 N–H and O–H groups in total. The molecule has 6 nitrogen and oxygen atoms in total. The predicted molar refractivity (Wildman–Crippen MR) is 76.3 cm³/mol. The van der Waals surface area contributed by atoms with E-state index in [1.165, 1.54) is 6.08 Å². The summed E-state index contributed by atoms with van der Waals surface area (Å²) in [6, 6.07) is 7.16. The molecule has 1 aliphatic rings. The molecule has 1 fully saturated rings. The average Bonchev–Trinajstić information content (AvgIpc) is 2.89. The van der Waals surface area contributed by atoms with Crippen LogP contribution in [0.5, 0.6) is 0 Å². The highest BCUT2D eigenvalue weighted by Crippen LogP contribution is 2.06. The van der Waals surface area contributed by atoms with Gasteiger partial charge in [-0.05, 0) is 18.6 Å². The Morgan fingerprint density at radius 3 is 2.90 bits per heavy atom. The summed E-state index contributed by atoms with van der Waals surface area (Å²) in [6.45, 7) is 2.24. The summed E-state index contributed by atoms with van der Waals surface area (Å²) in [6.07, 6.45) is 2.87. The summed E-state index contributed by atoms with van der Waals surface area (Å²) < 4.78 is 4.82. The number of nitrogens with zero attached hydrogens (tertiary/aromatic N) is 1. The lowest BCUT2D eigenvalue weighted by Crippen LogP contribution is -2.37. The lowest BCUT2D eigenvalue weighted by atomic mass is 10.1. The molecule has 3 amide bonds. The van der Waals surface area contributed by atoms with Crippen molar-refractivity contribution in [3.8, 4) is 0 Å². The van der Waals surface area contributed by atoms with Gasteiger partial charge in [0.25, 0.3) is 5.91 Å². The smallest absolute Gasteiger partial charge is 0.331 e. The van der Waals surface area contributed by atoms with E-state index < -0.39 is 24.5 Å². The molecular formula is C15H16N2O4. The predicted octanol–water partition coefficient (Wildman–Crippen LogP) is 1.10. The first-order valence-corrected chi connectivity index (χ1v) is 6.56. The van der Waals surface area contributed by atoms with E-state index in [9.17, 15) is 14.4 Å². The number of amides is 3. The molecule has 0 saturated carbocycles. The fourth-order valence-electron chi connectivity index (χ4n) is 1.91. The van der Waals surface area contributed by atoms with E-state index in [0.29, 0.717) is 13.1 Å². The Labute approximate surface area is 122 Å². The van der Waals surface area contributed by atoms with Gasteiger partial charge in [0.05, 0.1) is 0 Å². The maximum absolute atomic E-state index is 11.6. The molecule has 6 heteroatoms. The molecule has 0 unspecified atom stereocenters. The van der Waals surface area contributed by atoms with Crippen molar-refractivity contribution in [1.82, 2.24) is 10.2 Å². The average molecular weight is 288 g/mol. The third kappa shape index (κ3) is 4.17. The van der Waals surface area contributed by atoms with E-state index in [1.807, 2.05) is 31.2 Å². The fraction of sp³-hybridized carbons (Fsp3) is 0.267. The van der Waals surface area contributed by atoms with Crippen LogP contribution in [0.4, 0.5) is 4.79 Å². The number of benzene rings is 1. The molecule has 0 aromatic heterocycles. The lowest BCUT2D eigenvalue weighted by Gasteiger charge is -2.11. The summed E-state index contributed by atoms with van der Waals surface area (Å²) in [7, 11) is 0. The van der Waals surface area contributed by atoms with Crippen molar-refractivity contribution < 1.29 is 19.1 Å². The van der Waals surface area contributed by atoms with Crippen molar-refractivity contribution in [2.24, 2.45) is 0 Å². The van der Waals surface area contributed by atoms with E-state index in [-0.39, 0.29) is 0 Å². The van der Waals surface area contributed by atoms with Gasteiger partial charge in [-0.1, -0.05) is 29.8 Å². The van der Waals surface area contributed by atoms with Crippen LogP contribution in [0.2, 0.25) is 0 Å². The second kappa shape index (κ2) is 6.69. The zero-order valence-corrected chi connectivity index (χ0v) is 11.7. The number of hydrogen-bond acceptors (Lipinski definition) is 4. The maximum Gasteiger partial charge on any atom is 0.331 e. The molecule has 21 heavy (non-hydrogen) atoms. The summed E-state index contributed by atoms with van der Waals surface area (Å²) in [5.74, 6) is -1.15. The molecule has 110 valence electrons. The minimum absolute atomic E-state index is 0.300. The van der Waals surface area contributed by atoms with Gasteiger partial charge >= 0.3 is 12.0 Å². The number of carbonyl (C=O) groups is 3. The Kier molecular flexibility index (Phi) is 4.71. The van der Waals surface area contributed by atoms with E-state index in [2.05, 4.69) is 5.32 Å². The lowest BCUT2D eigenvalue weighted by molar-refractivity contribution is -0.146. The van der Waals surface area contributed by atoms with Crippen molar-refractivity contribution in [3.63, 3.8) is 0 Å². The van der Waals surface area contributed by atoms with Crippen LogP contribution in [0.15, 0.2) is 30.3 Å². The molecular weight excluding hydrogens is 272 g/mol. The number of imide groups is 1. The Morgan fingerprint density at radius 1 is 1.43 bits per heavy atom. The third-order valence-corrected chi connectivity index (χ3v) is 2.95. The second-order valence-electron chi connectivity index (χ2n) is 4.63. The third-order valence-electron chi connectivity index (χ3n) is 2.95. The summed E-state index contributed by atoms with van der Waals surface area (Å²) >= 11 is 0. The number of ether oxygens (including phenoxy) is 1. The van der Waals surface area contributed by atoms with Crippen LogP contribution >= 0.6 is 0 Å². The Bertz CT molecular complexity index is 595. The molecule has 1 aliphatic heterocycles. The summed E-state index contributed by atoms with van der Waals surface area (Å²) in [4.78, 5) is 35.4. The molecule has 1 heterocycles. The monoisotopic (exact) mass is 288 g/mol. The Morgan fingerprint density at radius 2 is 2.24 bits per heavy atom. The molecule has 2 rings (SSSR count). The molecule has 0 atom stereocenters.